The van der Waals surface area contributed by atoms with Crippen molar-refractivity contribution in [3.8, 4) is 0 Å². The van der Waals surface area contributed by atoms with Crippen molar-refractivity contribution in [1.82, 2.24) is 4.98 Å². The Kier molecular flexibility index (Phi) is 3.47. The molecule has 0 radical (unpaired) electrons. The topological polar surface area (TPSA) is 42.1 Å². The van der Waals surface area contributed by atoms with E-state index in [-0.39, 0.29) is 6.04 Å². The molecule has 0 unspecified atom stereocenters. The van der Waals surface area contributed by atoms with E-state index in [1.165, 1.54) is 4.90 Å². The highest BCUT2D eigenvalue weighted by Crippen LogP contribution is 2.34. The number of aryl methyl sites for hydroxylation is 1. The van der Waals surface area contributed by atoms with E-state index in [4.69, 9.17) is 5.73 Å². The third-order valence-electron chi connectivity index (χ3n) is 2.95. The lowest BCUT2D eigenvalue weighted by molar-refractivity contribution is -0.120. The summed E-state index contributed by atoms with van der Waals surface area (Å²) in [4.78, 5) is 5.50. The molecule has 100 valence electrons. The van der Waals surface area contributed by atoms with Gasteiger partial charge in [-0.05, 0) is 37.0 Å². The van der Waals surface area contributed by atoms with E-state index >= 15 is 0 Å². The summed E-state index contributed by atoms with van der Waals surface area (Å²) in [5.41, 5.74) is 7.06. The fourth-order valence-corrected chi connectivity index (χ4v) is 1.99. The molecule has 0 amide bonds. The Hall–Kier alpha value is -1.30. The zero-order valence-corrected chi connectivity index (χ0v) is 10.2. The van der Waals surface area contributed by atoms with Crippen molar-refractivity contribution in [1.29, 1.82) is 0 Å². The van der Waals surface area contributed by atoms with Gasteiger partial charge in [-0.1, -0.05) is 0 Å². The van der Waals surface area contributed by atoms with Crippen LogP contribution in [-0.2, 0) is 6.54 Å². The molecule has 0 saturated heterocycles. The first-order valence-corrected chi connectivity index (χ1v) is 5.89. The maximum absolute atomic E-state index is 12.6. The van der Waals surface area contributed by atoms with Gasteiger partial charge in [0.2, 0.25) is 0 Å². The highest BCUT2D eigenvalue weighted by Gasteiger charge is 2.39. The molecule has 1 heterocycles. The molecule has 2 N–H and O–H groups in total. The minimum atomic E-state index is -4.21. The summed E-state index contributed by atoms with van der Waals surface area (Å²) in [6.07, 6.45) is -1.05. The van der Waals surface area contributed by atoms with Crippen molar-refractivity contribution in [3.05, 3.63) is 23.4 Å². The van der Waals surface area contributed by atoms with Crippen LogP contribution in [0.2, 0.25) is 0 Å². The summed E-state index contributed by atoms with van der Waals surface area (Å²) in [5, 5.41) is 0. The minimum Gasteiger partial charge on any atom is -0.344 e. The highest BCUT2D eigenvalue weighted by atomic mass is 19.4. The van der Waals surface area contributed by atoms with E-state index in [2.05, 4.69) is 4.98 Å². The molecule has 1 saturated carbocycles. The maximum Gasteiger partial charge on any atom is 0.405 e. The van der Waals surface area contributed by atoms with Crippen molar-refractivity contribution in [2.24, 2.45) is 5.73 Å². The Morgan fingerprint density at radius 2 is 2.11 bits per heavy atom. The van der Waals surface area contributed by atoms with Crippen molar-refractivity contribution in [2.45, 2.75) is 38.5 Å². The number of anilines is 1. The van der Waals surface area contributed by atoms with Crippen LogP contribution in [0.5, 0.6) is 0 Å². The lowest BCUT2D eigenvalue weighted by Gasteiger charge is -2.26. The number of rotatable bonds is 4. The molecule has 0 aromatic carbocycles. The SMILES string of the molecule is Cc1cc(CN)cnc1N(CC(F)(F)F)C1CC1. The van der Waals surface area contributed by atoms with Crippen LogP contribution in [0.1, 0.15) is 24.0 Å². The predicted octanol–water partition coefficient (Wildman–Crippen LogP) is 2.38. The van der Waals surface area contributed by atoms with Gasteiger partial charge in [0.1, 0.15) is 12.4 Å². The summed E-state index contributed by atoms with van der Waals surface area (Å²) in [7, 11) is 0. The summed E-state index contributed by atoms with van der Waals surface area (Å²) < 4.78 is 37.7. The van der Waals surface area contributed by atoms with Crippen LogP contribution in [0.25, 0.3) is 0 Å². The van der Waals surface area contributed by atoms with Crippen molar-refractivity contribution < 1.29 is 13.2 Å². The first kappa shape index (κ1) is 13.1. The van der Waals surface area contributed by atoms with E-state index in [1.54, 1.807) is 19.2 Å². The summed E-state index contributed by atoms with van der Waals surface area (Å²) in [6.45, 7) is 1.18. The van der Waals surface area contributed by atoms with Gasteiger partial charge in [0.05, 0.1) is 0 Å². The van der Waals surface area contributed by atoms with E-state index in [0.29, 0.717) is 12.4 Å². The number of aromatic nitrogens is 1. The Morgan fingerprint density at radius 3 is 2.56 bits per heavy atom. The summed E-state index contributed by atoms with van der Waals surface area (Å²) >= 11 is 0. The standard InChI is InChI=1S/C12H16F3N3/c1-8-4-9(5-16)6-17-11(8)18(10-2-3-10)7-12(13,14)15/h4,6,10H,2-3,5,7,16H2,1H3. The average Bonchev–Trinajstić information content (AvgIpc) is 3.08. The van der Waals surface area contributed by atoms with Gasteiger partial charge in [-0.15, -0.1) is 0 Å². The van der Waals surface area contributed by atoms with Crippen molar-refractivity contribution in [3.63, 3.8) is 0 Å². The molecular weight excluding hydrogens is 243 g/mol. The molecule has 0 bridgehead atoms. The molecule has 2 rings (SSSR count). The van der Waals surface area contributed by atoms with Crippen LogP contribution in [0.15, 0.2) is 12.3 Å². The lowest BCUT2D eigenvalue weighted by atomic mass is 10.2. The average molecular weight is 259 g/mol. The van der Waals surface area contributed by atoms with Gasteiger partial charge in [-0.25, -0.2) is 4.98 Å². The number of alkyl halides is 3. The van der Waals surface area contributed by atoms with Crippen LogP contribution in [0.3, 0.4) is 0 Å². The van der Waals surface area contributed by atoms with Crippen molar-refractivity contribution in [2.75, 3.05) is 11.4 Å². The molecule has 0 atom stereocenters. The maximum atomic E-state index is 12.6. The van der Waals surface area contributed by atoms with Crippen LogP contribution >= 0.6 is 0 Å². The molecule has 1 fully saturated rings. The van der Waals surface area contributed by atoms with Gasteiger partial charge >= 0.3 is 6.18 Å². The van der Waals surface area contributed by atoms with E-state index in [0.717, 1.165) is 24.0 Å². The minimum absolute atomic E-state index is 0.0263. The first-order valence-electron chi connectivity index (χ1n) is 5.89. The molecule has 18 heavy (non-hydrogen) atoms. The predicted molar refractivity (Wildman–Crippen MR) is 63.3 cm³/mol. The molecule has 6 heteroatoms. The van der Waals surface area contributed by atoms with E-state index < -0.39 is 12.7 Å². The Balaban J connectivity index is 2.25. The quantitative estimate of drug-likeness (QED) is 0.902. The number of hydrogen-bond donors (Lipinski definition) is 1. The highest BCUT2D eigenvalue weighted by molar-refractivity contribution is 5.49. The Morgan fingerprint density at radius 1 is 1.44 bits per heavy atom. The third-order valence-corrected chi connectivity index (χ3v) is 2.95. The van der Waals surface area contributed by atoms with Gasteiger partial charge < -0.3 is 10.6 Å². The van der Waals surface area contributed by atoms with Crippen LogP contribution in [0.4, 0.5) is 19.0 Å². The largest absolute Gasteiger partial charge is 0.405 e. The zero-order chi connectivity index (χ0) is 13.3. The van der Waals surface area contributed by atoms with Gasteiger partial charge in [0, 0.05) is 18.8 Å². The lowest BCUT2D eigenvalue weighted by Crippen LogP contribution is -2.37. The molecular formula is C12H16F3N3. The van der Waals surface area contributed by atoms with E-state index in [1.807, 2.05) is 0 Å². The molecule has 0 spiro atoms. The van der Waals surface area contributed by atoms with Gasteiger partial charge in [0.25, 0.3) is 0 Å². The Bertz CT molecular complexity index is 427. The van der Waals surface area contributed by atoms with Gasteiger partial charge in [-0.3, -0.25) is 0 Å². The number of pyridine rings is 1. The second-order valence-corrected chi connectivity index (χ2v) is 4.66. The Labute approximate surface area is 104 Å². The fraction of sp³-hybridized carbons (Fsp3) is 0.583. The summed E-state index contributed by atoms with van der Waals surface area (Å²) in [6, 6.07) is 1.77. The van der Waals surface area contributed by atoms with Gasteiger partial charge in [-0.2, -0.15) is 13.2 Å². The van der Waals surface area contributed by atoms with Crippen molar-refractivity contribution >= 4 is 5.82 Å². The number of nitrogens with two attached hydrogens (primary N) is 1. The third kappa shape index (κ3) is 3.13. The molecule has 1 aliphatic rings. The number of hydrogen-bond acceptors (Lipinski definition) is 3. The van der Waals surface area contributed by atoms with Crippen LogP contribution in [-0.4, -0.2) is 23.7 Å². The van der Waals surface area contributed by atoms with E-state index in [9.17, 15) is 13.2 Å². The second kappa shape index (κ2) is 4.76. The monoisotopic (exact) mass is 259 g/mol. The number of halogens is 3. The normalized spacial score (nSPS) is 15.8. The molecule has 1 aromatic heterocycles. The summed E-state index contributed by atoms with van der Waals surface area (Å²) in [5.74, 6) is 0.423. The van der Waals surface area contributed by atoms with Crippen LogP contribution < -0.4 is 10.6 Å². The molecule has 3 nitrogen and oxygen atoms in total. The first-order chi connectivity index (χ1) is 8.40. The fourth-order valence-electron chi connectivity index (χ4n) is 1.99. The number of nitrogens with zero attached hydrogens (tertiary/aromatic N) is 2. The smallest absolute Gasteiger partial charge is 0.344 e. The second-order valence-electron chi connectivity index (χ2n) is 4.66. The molecule has 1 aromatic rings. The molecule has 0 aliphatic heterocycles. The zero-order valence-electron chi connectivity index (χ0n) is 10.2. The van der Waals surface area contributed by atoms with Crippen LogP contribution in [0, 0.1) is 6.92 Å². The molecule has 1 aliphatic carbocycles. The van der Waals surface area contributed by atoms with Gasteiger partial charge in [0.15, 0.2) is 0 Å².